The Morgan fingerprint density at radius 2 is 1.51 bits per heavy atom. The molecule has 3 aromatic rings. The summed E-state index contributed by atoms with van der Waals surface area (Å²) < 4.78 is 37.0. The van der Waals surface area contributed by atoms with Crippen molar-refractivity contribution in [1.82, 2.24) is 24.9 Å². The smallest absolute Gasteiger partial charge is 0.234 e. The second-order valence-corrected chi connectivity index (χ2v) is 20.2. The number of ether oxygens (including phenoxy) is 2. The van der Waals surface area contributed by atoms with Crippen LogP contribution in [-0.2, 0) is 38.9 Å². The van der Waals surface area contributed by atoms with Gasteiger partial charge in [-0.15, -0.1) is 0 Å². The van der Waals surface area contributed by atoms with Crippen LogP contribution >= 0.6 is 0 Å². The lowest BCUT2D eigenvalue weighted by Crippen LogP contribution is -2.55. The maximum absolute atomic E-state index is 12.8. The summed E-state index contributed by atoms with van der Waals surface area (Å²) in [5.74, 6) is 0.779. The third-order valence-electron chi connectivity index (χ3n) is 14.1. The number of piperazine rings is 1. The number of nitrogens with zero attached hydrogens (tertiary/aromatic N) is 5. The second-order valence-electron chi connectivity index (χ2n) is 18.0. The van der Waals surface area contributed by atoms with Crippen LogP contribution in [0.2, 0.25) is 0 Å². The molecule has 2 atom stereocenters. The molecule has 2 amide bonds. The number of amides is 2. The molecule has 4 saturated heterocycles. The number of imide groups is 1. The van der Waals surface area contributed by atoms with Crippen LogP contribution in [0, 0.1) is 0 Å². The van der Waals surface area contributed by atoms with Crippen molar-refractivity contribution in [2.45, 2.75) is 95.4 Å². The Morgan fingerprint density at radius 3 is 2.18 bits per heavy atom. The van der Waals surface area contributed by atoms with Gasteiger partial charge >= 0.3 is 0 Å². The van der Waals surface area contributed by atoms with Crippen molar-refractivity contribution in [3.05, 3.63) is 88.5 Å². The van der Waals surface area contributed by atoms with E-state index in [4.69, 9.17) is 9.47 Å². The summed E-state index contributed by atoms with van der Waals surface area (Å²) >= 11 is 0. The summed E-state index contributed by atoms with van der Waals surface area (Å²) in [6.07, 6.45) is 9.52. The molecular weight excluding hydrogens is 789 g/mol. The minimum absolute atomic E-state index is 0.0416. The lowest BCUT2D eigenvalue weighted by atomic mass is 9.90. The van der Waals surface area contributed by atoms with Crippen LogP contribution in [0.1, 0.15) is 91.6 Å². The highest BCUT2D eigenvalue weighted by molar-refractivity contribution is 7.90. The van der Waals surface area contributed by atoms with E-state index >= 15 is 0 Å². The summed E-state index contributed by atoms with van der Waals surface area (Å²) in [6.45, 7) is 13.9. The first-order valence-corrected chi connectivity index (χ1v) is 24.8. The molecule has 5 aliphatic rings. The third-order valence-corrected chi connectivity index (χ3v) is 15.0. The number of nitrogens with one attached hydrogen (secondary N) is 1. The minimum atomic E-state index is -3.26. The van der Waals surface area contributed by atoms with Crippen molar-refractivity contribution in [1.29, 1.82) is 0 Å². The number of hydrogen-bond acceptors (Lipinski definition) is 11. The SMILES string of the molecule is CCOc1cc([C@@H](CS(C)(=O)=O)N2Cc3cccc(N4CCN(C5CCN(C6CCN(CCCc7ccc(C8CCC(=O)NC8=O)cc7)CC6)CC5)CC4)c3C2)ccc1OC. The number of benzene rings is 3. The van der Waals surface area contributed by atoms with Crippen LogP contribution in [0.25, 0.3) is 0 Å². The number of anilines is 1. The van der Waals surface area contributed by atoms with Crippen molar-refractivity contribution < 1.29 is 27.5 Å². The molecule has 0 aliphatic carbocycles. The Bertz CT molecular complexity index is 2090. The molecule has 0 aromatic heterocycles. The Kier molecular flexibility index (Phi) is 14.0. The molecule has 13 heteroatoms. The van der Waals surface area contributed by atoms with Gasteiger partial charge in [-0.05, 0) is 131 Å². The summed E-state index contributed by atoms with van der Waals surface area (Å²) in [6, 6.07) is 22.0. The molecule has 8 rings (SSSR count). The molecule has 0 radical (unpaired) electrons. The van der Waals surface area contributed by atoms with Crippen molar-refractivity contribution >= 4 is 27.3 Å². The molecule has 12 nitrogen and oxygen atoms in total. The van der Waals surface area contributed by atoms with E-state index < -0.39 is 9.84 Å². The lowest BCUT2D eigenvalue weighted by molar-refractivity contribution is -0.134. The van der Waals surface area contributed by atoms with Gasteiger partial charge in [-0.3, -0.25) is 24.7 Å². The Morgan fingerprint density at radius 1 is 0.803 bits per heavy atom. The maximum Gasteiger partial charge on any atom is 0.234 e. The summed E-state index contributed by atoms with van der Waals surface area (Å²) in [7, 11) is -1.64. The quantitative estimate of drug-likeness (QED) is 0.199. The van der Waals surface area contributed by atoms with E-state index in [1.165, 1.54) is 80.5 Å². The highest BCUT2D eigenvalue weighted by atomic mass is 32.2. The van der Waals surface area contributed by atoms with Crippen LogP contribution in [0.15, 0.2) is 60.7 Å². The number of rotatable bonds is 15. The second kappa shape index (κ2) is 19.6. The van der Waals surface area contributed by atoms with Crippen molar-refractivity contribution in [3.63, 3.8) is 0 Å². The van der Waals surface area contributed by atoms with Crippen molar-refractivity contribution in [3.8, 4) is 11.5 Å². The maximum atomic E-state index is 12.8. The van der Waals surface area contributed by atoms with Gasteiger partial charge in [0.05, 0.1) is 25.4 Å². The van der Waals surface area contributed by atoms with Crippen LogP contribution in [-0.4, -0.2) is 137 Å². The van der Waals surface area contributed by atoms with E-state index in [1.54, 1.807) is 7.11 Å². The molecule has 5 aliphatic heterocycles. The molecule has 61 heavy (non-hydrogen) atoms. The zero-order valence-electron chi connectivity index (χ0n) is 36.5. The third kappa shape index (κ3) is 10.6. The predicted octanol–water partition coefficient (Wildman–Crippen LogP) is 5.40. The first kappa shape index (κ1) is 43.6. The van der Waals surface area contributed by atoms with Gasteiger partial charge in [0.1, 0.15) is 9.84 Å². The molecule has 4 fully saturated rings. The first-order chi connectivity index (χ1) is 29.5. The van der Waals surface area contributed by atoms with E-state index in [1.807, 2.05) is 25.1 Å². The number of likely N-dealkylation sites (tertiary alicyclic amines) is 2. The van der Waals surface area contributed by atoms with Gasteiger partial charge in [-0.25, -0.2) is 8.42 Å². The molecular formula is C48H66N6O6S. The molecule has 0 saturated carbocycles. The molecule has 0 bridgehead atoms. The monoisotopic (exact) mass is 854 g/mol. The van der Waals surface area contributed by atoms with Crippen molar-refractivity contribution in [2.24, 2.45) is 0 Å². The number of sulfone groups is 1. The number of carbonyl (C=O) groups excluding carboxylic acids is 2. The molecule has 1 unspecified atom stereocenters. The number of aryl methyl sites for hydroxylation is 1. The van der Waals surface area contributed by atoms with E-state index in [0.29, 0.717) is 56.1 Å². The summed E-state index contributed by atoms with van der Waals surface area (Å²) in [5, 5.41) is 2.47. The standard InChI is InChI=1S/C48H66N6O6S/c1-4-60-46-31-37(14-16-45(46)59-2)44(34-61(3,57)58)54-32-38-8-5-9-43(42(38)33-54)53-29-27-52(28-30-53)40-20-25-51(26-21-40)39-18-23-50(24-19-39)22-6-7-35-10-12-36(13-11-35)41-15-17-47(55)49-48(41)56/h5,8-14,16,31,39-41,44H,4,6-7,15,17-30,32-34H2,1-3H3,(H,49,55,56)/t41?,44-/m1/s1. The topological polar surface area (TPSA) is 115 Å². The highest BCUT2D eigenvalue weighted by Crippen LogP contribution is 2.40. The van der Waals surface area contributed by atoms with Gasteiger partial charge in [0.2, 0.25) is 11.8 Å². The first-order valence-electron chi connectivity index (χ1n) is 22.8. The molecule has 5 heterocycles. The number of methoxy groups -OCH3 is 1. The average molecular weight is 855 g/mol. The molecule has 0 spiro atoms. The zero-order chi connectivity index (χ0) is 42.5. The number of hydrogen-bond donors (Lipinski definition) is 1. The molecule has 1 N–H and O–H groups in total. The zero-order valence-corrected chi connectivity index (χ0v) is 37.3. The average Bonchev–Trinajstić information content (AvgIpc) is 3.71. The lowest BCUT2D eigenvalue weighted by Gasteiger charge is -2.46. The molecule has 3 aromatic carbocycles. The fourth-order valence-electron chi connectivity index (χ4n) is 10.7. The number of piperidine rings is 3. The Balaban J connectivity index is 0.773. The van der Waals surface area contributed by atoms with E-state index in [9.17, 15) is 18.0 Å². The fourth-order valence-corrected chi connectivity index (χ4v) is 11.7. The largest absolute Gasteiger partial charge is 0.493 e. The van der Waals surface area contributed by atoms with E-state index in [-0.39, 0.29) is 29.5 Å². The summed E-state index contributed by atoms with van der Waals surface area (Å²) in [5.41, 5.74) is 7.15. The van der Waals surface area contributed by atoms with E-state index in [2.05, 4.69) is 72.3 Å². The van der Waals surface area contributed by atoms with Gasteiger partial charge in [0.25, 0.3) is 0 Å². The van der Waals surface area contributed by atoms with Crippen LogP contribution < -0.4 is 19.7 Å². The van der Waals surface area contributed by atoms with Crippen LogP contribution in [0.3, 0.4) is 0 Å². The number of carbonyl (C=O) groups is 2. The fraction of sp³-hybridized carbons (Fsp3) is 0.583. The van der Waals surface area contributed by atoms with Crippen LogP contribution in [0.5, 0.6) is 11.5 Å². The number of fused-ring (bicyclic) bond motifs is 1. The Labute approximate surface area is 363 Å². The molecule has 330 valence electrons. The van der Waals surface area contributed by atoms with Gasteiger partial charge in [-0.2, -0.15) is 0 Å². The Hall–Kier alpha value is -4.01. The van der Waals surface area contributed by atoms with Crippen LogP contribution in [0.4, 0.5) is 5.69 Å². The minimum Gasteiger partial charge on any atom is -0.493 e. The normalized spacial score (nSPS) is 22.3. The van der Waals surface area contributed by atoms with Crippen molar-refractivity contribution in [2.75, 3.05) is 89.5 Å². The van der Waals surface area contributed by atoms with Gasteiger partial charge < -0.3 is 24.2 Å². The summed E-state index contributed by atoms with van der Waals surface area (Å²) in [4.78, 5) is 36.8. The highest BCUT2D eigenvalue weighted by Gasteiger charge is 2.35. The van der Waals surface area contributed by atoms with Gasteiger partial charge in [0.15, 0.2) is 11.5 Å². The van der Waals surface area contributed by atoms with E-state index in [0.717, 1.165) is 56.7 Å². The van der Waals surface area contributed by atoms with Gasteiger partial charge in [0, 0.05) is 75.8 Å². The van der Waals surface area contributed by atoms with Gasteiger partial charge in [-0.1, -0.05) is 42.5 Å². The predicted molar refractivity (Wildman–Crippen MR) is 240 cm³/mol.